The maximum absolute atomic E-state index is 13.7. The number of amides is 1. The van der Waals surface area contributed by atoms with E-state index in [9.17, 15) is 13.6 Å². The van der Waals surface area contributed by atoms with E-state index in [1.54, 1.807) is 4.90 Å². The van der Waals surface area contributed by atoms with Crippen molar-refractivity contribution < 1.29 is 13.6 Å². The molecule has 1 heterocycles. The van der Waals surface area contributed by atoms with E-state index in [0.717, 1.165) is 32.0 Å². The highest BCUT2D eigenvalue weighted by Crippen LogP contribution is 2.17. The second-order valence-corrected chi connectivity index (χ2v) is 5.16. The maximum atomic E-state index is 13.7. The van der Waals surface area contributed by atoms with Crippen LogP contribution in [0.3, 0.4) is 0 Å². The van der Waals surface area contributed by atoms with Crippen molar-refractivity contribution in [2.24, 2.45) is 5.92 Å². The van der Waals surface area contributed by atoms with Crippen molar-refractivity contribution >= 4 is 5.91 Å². The number of nitrogens with zero attached hydrogens (tertiary/aromatic N) is 1. The summed E-state index contributed by atoms with van der Waals surface area (Å²) in [5.41, 5.74) is -0.185. The molecule has 2 rings (SSSR count). The van der Waals surface area contributed by atoms with Crippen molar-refractivity contribution in [1.82, 2.24) is 10.2 Å². The number of piperidine rings is 1. The molecule has 1 atom stereocenters. The van der Waals surface area contributed by atoms with E-state index < -0.39 is 17.5 Å². The minimum Gasteiger partial charge on any atom is -0.339 e. The van der Waals surface area contributed by atoms with Crippen LogP contribution in [0.5, 0.6) is 0 Å². The predicted molar refractivity (Wildman–Crippen MR) is 73.5 cm³/mol. The summed E-state index contributed by atoms with van der Waals surface area (Å²) >= 11 is 0. The summed E-state index contributed by atoms with van der Waals surface area (Å²) in [6, 6.07) is 3.72. The number of benzene rings is 1. The van der Waals surface area contributed by atoms with Crippen molar-refractivity contribution in [2.75, 3.05) is 26.2 Å². The fourth-order valence-corrected chi connectivity index (χ4v) is 2.59. The largest absolute Gasteiger partial charge is 0.339 e. The molecule has 0 saturated carbocycles. The molecule has 0 spiro atoms. The Labute approximate surface area is 118 Å². The molecule has 1 fully saturated rings. The Balaban J connectivity index is 2.10. The Kier molecular flexibility index (Phi) is 5.06. The first-order valence-electron chi connectivity index (χ1n) is 7.07. The lowest BCUT2D eigenvalue weighted by atomic mass is 9.98. The monoisotopic (exact) mass is 282 g/mol. The molecule has 1 aromatic carbocycles. The Bertz CT molecular complexity index is 473. The molecule has 5 heteroatoms. The highest BCUT2D eigenvalue weighted by Gasteiger charge is 2.23. The number of rotatable bonds is 4. The average Bonchev–Trinajstić information content (AvgIpc) is 2.48. The maximum Gasteiger partial charge on any atom is 0.256 e. The molecule has 1 aliphatic rings. The van der Waals surface area contributed by atoms with E-state index in [0.29, 0.717) is 19.0 Å². The third-order valence-electron chi connectivity index (χ3n) is 3.73. The lowest BCUT2D eigenvalue weighted by Gasteiger charge is -2.29. The van der Waals surface area contributed by atoms with E-state index in [1.807, 2.05) is 6.92 Å². The third kappa shape index (κ3) is 3.33. The molecular formula is C15H20F2N2O. The van der Waals surface area contributed by atoms with Crippen LogP contribution in [0, 0.1) is 17.6 Å². The lowest BCUT2D eigenvalue weighted by molar-refractivity contribution is 0.0723. The zero-order valence-electron chi connectivity index (χ0n) is 11.7. The van der Waals surface area contributed by atoms with Gasteiger partial charge < -0.3 is 10.2 Å². The highest BCUT2D eigenvalue weighted by molar-refractivity contribution is 5.94. The van der Waals surface area contributed by atoms with Crippen LogP contribution < -0.4 is 5.32 Å². The van der Waals surface area contributed by atoms with Gasteiger partial charge in [0.15, 0.2) is 11.6 Å². The van der Waals surface area contributed by atoms with Crippen molar-refractivity contribution in [3.63, 3.8) is 0 Å². The summed E-state index contributed by atoms with van der Waals surface area (Å²) in [5, 5.41) is 3.29. The number of hydrogen-bond acceptors (Lipinski definition) is 2. The van der Waals surface area contributed by atoms with Gasteiger partial charge in [0, 0.05) is 13.1 Å². The topological polar surface area (TPSA) is 32.3 Å². The Morgan fingerprint density at radius 1 is 1.45 bits per heavy atom. The standard InChI is InChI=1S/C15H20F2N2O/c1-2-19(10-11-5-4-8-18-9-11)15(20)12-6-3-7-13(16)14(12)17/h3,6-7,11,18H,2,4-5,8-10H2,1H3. The van der Waals surface area contributed by atoms with Crippen LogP contribution in [0.15, 0.2) is 18.2 Å². The minimum absolute atomic E-state index is 0.185. The second-order valence-electron chi connectivity index (χ2n) is 5.16. The van der Waals surface area contributed by atoms with Crippen LogP contribution in [0.1, 0.15) is 30.1 Å². The number of carbonyl (C=O) groups excluding carboxylic acids is 1. The second kappa shape index (κ2) is 6.79. The summed E-state index contributed by atoms with van der Waals surface area (Å²) in [6.45, 7) is 4.80. The van der Waals surface area contributed by atoms with Gasteiger partial charge in [-0.2, -0.15) is 0 Å². The van der Waals surface area contributed by atoms with Gasteiger partial charge in [-0.05, 0) is 50.9 Å². The smallest absolute Gasteiger partial charge is 0.256 e. The van der Waals surface area contributed by atoms with Crippen LogP contribution in [0.2, 0.25) is 0 Å². The van der Waals surface area contributed by atoms with Crippen LogP contribution in [0.4, 0.5) is 8.78 Å². The van der Waals surface area contributed by atoms with Gasteiger partial charge in [-0.15, -0.1) is 0 Å². The fourth-order valence-electron chi connectivity index (χ4n) is 2.59. The van der Waals surface area contributed by atoms with Gasteiger partial charge in [-0.25, -0.2) is 8.78 Å². The molecule has 3 nitrogen and oxygen atoms in total. The SMILES string of the molecule is CCN(CC1CCCNC1)C(=O)c1cccc(F)c1F. The van der Waals surface area contributed by atoms with E-state index in [4.69, 9.17) is 0 Å². The molecule has 110 valence electrons. The Morgan fingerprint density at radius 3 is 2.90 bits per heavy atom. The quantitative estimate of drug-likeness (QED) is 0.920. The van der Waals surface area contributed by atoms with Gasteiger partial charge in [0.1, 0.15) is 0 Å². The van der Waals surface area contributed by atoms with Crippen LogP contribution >= 0.6 is 0 Å². The minimum atomic E-state index is -1.06. The first-order chi connectivity index (χ1) is 9.63. The van der Waals surface area contributed by atoms with E-state index in [-0.39, 0.29) is 5.56 Å². The molecule has 1 aliphatic heterocycles. The van der Waals surface area contributed by atoms with Crippen molar-refractivity contribution in [2.45, 2.75) is 19.8 Å². The molecule has 0 aliphatic carbocycles. The summed E-state index contributed by atoms with van der Waals surface area (Å²) in [6.07, 6.45) is 2.15. The van der Waals surface area contributed by atoms with Crippen LogP contribution in [-0.2, 0) is 0 Å². The van der Waals surface area contributed by atoms with Gasteiger partial charge in [-0.3, -0.25) is 4.79 Å². The van der Waals surface area contributed by atoms with E-state index in [1.165, 1.54) is 12.1 Å². The van der Waals surface area contributed by atoms with Gasteiger partial charge in [-0.1, -0.05) is 6.07 Å². The van der Waals surface area contributed by atoms with Crippen molar-refractivity contribution in [1.29, 1.82) is 0 Å². The molecule has 1 saturated heterocycles. The molecule has 1 aromatic rings. The first kappa shape index (κ1) is 14.9. The van der Waals surface area contributed by atoms with Crippen LogP contribution in [-0.4, -0.2) is 37.0 Å². The van der Waals surface area contributed by atoms with Crippen LogP contribution in [0.25, 0.3) is 0 Å². The van der Waals surface area contributed by atoms with Gasteiger partial charge in [0.2, 0.25) is 0 Å². The Morgan fingerprint density at radius 2 is 2.25 bits per heavy atom. The van der Waals surface area contributed by atoms with E-state index in [2.05, 4.69) is 5.32 Å². The lowest BCUT2D eigenvalue weighted by Crippen LogP contribution is -2.41. The van der Waals surface area contributed by atoms with Crippen molar-refractivity contribution in [3.8, 4) is 0 Å². The summed E-state index contributed by atoms with van der Waals surface area (Å²) in [4.78, 5) is 13.9. The molecular weight excluding hydrogens is 262 g/mol. The molecule has 20 heavy (non-hydrogen) atoms. The summed E-state index contributed by atoms with van der Waals surface area (Å²) in [5.74, 6) is -2.09. The summed E-state index contributed by atoms with van der Waals surface area (Å²) in [7, 11) is 0. The molecule has 0 aromatic heterocycles. The molecule has 1 unspecified atom stereocenters. The highest BCUT2D eigenvalue weighted by atomic mass is 19.2. The average molecular weight is 282 g/mol. The summed E-state index contributed by atoms with van der Waals surface area (Å²) < 4.78 is 26.9. The molecule has 1 N–H and O–H groups in total. The zero-order valence-corrected chi connectivity index (χ0v) is 11.7. The number of nitrogens with one attached hydrogen (secondary N) is 1. The Hall–Kier alpha value is -1.49. The number of carbonyl (C=O) groups is 1. The van der Waals surface area contributed by atoms with Crippen molar-refractivity contribution in [3.05, 3.63) is 35.4 Å². The zero-order chi connectivity index (χ0) is 14.5. The third-order valence-corrected chi connectivity index (χ3v) is 3.73. The fraction of sp³-hybridized carbons (Fsp3) is 0.533. The predicted octanol–water partition coefficient (Wildman–Crippen LogP) is 2.43. The van der Waals surface area contributed by atoms with Gasteiger partial charge in [0.25, 0.3) is 5.91 Å². The van der Waals surface area contributed by atoms with Gasteiger partial charge >= 0.3 is 0 Å². The molecule has 0 bridgehead atoms. The number of hydrogen-bond donors (Lipinski definition) is 1. The van der Waals surface area contributed by atoms with Gasteiger partial charge in [0.05, 0.1) is 5.56 Å². The molecule has 1 amide bonds. The number of halogens is 2. The van der Waals surface area contributed by atoms with E-state index >= 15 is 0 Å². The normalized spacial score (nSPS) is 18.9. The molecule has 0 radical (unpaired) electrons. The first-order valence-corrected chi connectivity index (χ1v) is 7.07.